The number of anilines is 2. The maximum atomic E-state index is 13.0. The molecule has 5 rings (SSSR count). The van der Waals surface area contributed by atoms with Crippen molar-refractivity contribution in [1.82, 2.24) is 14.5 Å². The smallest absolute Gasteiger partial charge is 0.257 e. The van der Waals surface area contributed by atoms with Crippen molar-refractivity contribution >= 4 is 58.0 Å². The standard InChI is InChI=1S/C24H24ClN5O2S/c1-15-6-7-16(25)14-20(15)28-10-12-29(13-11-28)21(31)9-8-19-23(32)30-22(26-19)17-4-2-3-5-18(17)27-24(30)33/h2-7,14,19,26H,8-13H2,1H3. The van der Waals surface area contributed by atoms with Crippen molar-refractivity contribution in [3.63, 3.8) is 0 Å². The van der Waals surface area contributed by atoms with E-state index in [-0.39, 0.29) is 16.6 Å². The highest BCUT2D eigenvalue weighted by molar-refractivity contribution is 7.71. The van der Waals surface area contributed by atoms with Crippen LogP contribution in [-0.4, -0.2) is 58.5 Å². The van der Waals surface area contributed by atoms with Crippen LogP contribution in [0.3, 0.4) is 0 Å². The number of benzene rings is 2. The van der Waals surface area contributed by atoms with Gasteiger partial charge in [0.1, 0.15) is 11.9 Å². The Hall–Kier alpha value is -2.97. The monoisotopic (exact) mass is 481 g/mol. The minimum atomic E-state index is -0.487. The lowest BCUT2D eigenvalue weighted by Crippen LogP contribution is -2.49. The van der Waals surface area contributed by atoms with Gasteiger partial charge >= 0.3 is 0 Å². The van der Waals surface area contributed by atoms with E-state index in [9.17, 15) is 9.59 Å². The number of hydrogen-bond donors (Lipinski definition) is 1. The number of nitrogens with zero attached hydrogens (tertiary/aromatic N) is 4. The number of amides is 1. The third kappa shape index (κ3) is 4.09. The molecule has 1 saturated heterocycles. The fourth-order valence-corrected chi connectivity index (χ4v) is 5.06. The van der Waals surface area contributed by atoms with Crippen LogP contribution in [0.25, 0.3) is 10.9 Å². The first-order chi connectivity index (χ1) is 15.9. The molecule has 1 unspecified atom stereocenters. The first kappa shape index (κ1) is 21.9. The summed E-state index contributed by atoms with van der Waals surface area (Å²) in [5.74, 6) is 0.579. The Kier molecular flexibility index (Phi) is 5.80. The fraction of sp³-hybridized carbons (Fsp3) is 0.333. The van der Waals surface area contributed by atoms with Gasteiger partial charge in [0.15, 0.2) is 0 Å². The highest BCUT2D eigenvalue weighted by Crippen LogP contribution is 2.29. The van der Waals surface area contributed by atoms with E-state index < -0.39 is 6.04 Å². The highest BCUT2D eigenvalue weighted by Gasteiger charge is 2.33. The van der Waals surface area contributed by atoms with Crippen LogP contribution in [0.5, 0.6) is 0 Å². The third-order valence-electron chi connectivity index (χ3n) is 6.41. The number of halogens is 1. The predicted molar refractivity (Wildman–Crippen MR) is 133 cm³/mol. The Morgan fingerprint density at radius 3 is 2.73 bits per heavy atom. The molecule has 1 atom stereocenters. The zero-order valence-electron chi connectivity index (χ0n) is 18.3. The Labute approximate surface area is 202 Å². The number of carbonyl (C=O) groups is 2. The Balaban J connectivity index is 1.21. The average Bonchev–Trinajstić information content (AvgIpc) is 3.16. The van der Waals surface area contributed by atoms with Gasteiger partial charge in [-0.15, -0.1) is 0 Å². The Morgan fingerprint density at radius 1 is 1.18 bits per heavy atom. The minimum absolute atomic E-state index is 0.0644. The van der Waals surface area contributed by atoms with Crippen molar-refractivity contribution in [2.45, 2.75) is 25.8 Å². The Morgan fingerprint density at radius 2 is 1.94 bits per heavy atom. The van der Waals surface area contributed by atoms with Gasteiger partial charge < -0.3 is 15.1 Å². The highest BCUT2D eigenvalue weighted by atomic mass is 35.5. The van der Waals surface area contributed by atoms with Crippen LogP contribution in [0.2, 0.25) is 5.02 Å². The molecule has 1 aromatic heterocycles. The molecule has 0 aliphatic carbocycles. The topological polar surface area (TPSA) is 70.5 Å². The van der Waals surface area contributed by atoms with E-state index in [1.54, 1.807) is 0 Å². The second kappa shape index (κ2) is 8.76. The average molecular weight is 482 g/mol. The summed E-state index contributed by atoms with van der Waals surface area (Å²) in [7, 11) is 0. The number of nitrogens with one attached hydrogen (secondary N) is 1. The van der Waals surface area contributed by atoms with E-state index in [1.807, 2.05) is 47.4 Å². The van der Waals surface area contributed by atoms with Gasteiger partial charge in [-0.1, -0.05) is 29.8 Å². The molecule has 170 valence electrons. The molecular weight excluding hydrogens is 458 g/mol. The molecule has 7 nitrogen and oxygen atoms in total. The Bertz CT molecular complexity index is 1320. The summed E-state index contributed by atoms with van der Waals surface area (Å²) in [5.41, 5.74) is 3.04. The van der Waals surface area contributed by atoms with E-state index in [1.165, 1.54) is 10.1 Å². The van der Waals surface area contributed by atoms with E-state index in [0.29, 0.717) is 36.8 Å². The van der Waals surface area contributed by atoms with Gasteiger partial charge in [0.05, 0.1) is 5.52 Å². The van der Waals surface area contributed by atoms with Gasteiger partial charge in [0.2, 0.25) is 10.7 Å². The van der Waals surface area contributed by atoms with Gasteiger partial charge in [-0.2, -0.15) is 0 Å². The van der Waals surface area contributed by atoms with Crippen LogP contribution in [-0.2, 0) is 4.79 Å². The summed E-state index contributed by atoms with van der Waals surface area (Å²) < 4.78 is 1.70. The second-order valence-corrected chi connectivity index (χ2v) is 9.27. The van der Waals surface area contributed by atoms with Crippen molar-refractivity contribution in [3.05, 3.63) is 57.8 Å². The summed E-state index contributed by atoms with van der Waals surface area (Å²) in [5, 5.41) is 4.84. The number of fused-ring (bicyclic) bond motifs is 3. The summed E-state index contributed by atoms with van der Waals surface area (Å²) in [6, 6.07) is 13.0. The van der Waals surface area contributed by atoms with Gasteiger partial charge in [-0.05, 0) is 55.4 Å². The van der Waals surface area contributed by atoms with E-state index in [4.69, 9.17) is 23.8 Å². The molecule has 1 amide bonds. The SMILES string of the molecule is Cc1ccc(Cl)cc1N1CCN(C(=O)CCC2Nc3c4ccccc4nc(=S)n3C2=O)CC1. The zero-order valence-corrected chi connectivity index (χ0v) is 19.8. The summed E-state index contributed by atoms with van der Waals surface area (Å²) in [6.45, 7) is 4.88. The summed E-state index contributed by atoms with van der Waals surface area (Å²) >= 11 is 11.5. The van der Waals surface area contributed by atoms with Crippen LogP contribution in [0.4, 0.5) is 11.5 Å². The zero-order chi connectivity index (χ0) is 23.1. The maximum absolute atomic E-state index is 13.0. The maximum Gasteiger partial charge on any atom is 0.257 e. The second-order valence-electron chi connectivity index (χ2n) is 8.47. The molecule has 2 aromatic carbocycles. The van der Waals surface area contributed by atoms with E-state index >= 15 is 0 Å². The lowest BCUT2D eigenvalue weighted by Gasteiger charge is -2.37. The molecule has 0 bridgehead atoms. The van der Waals surface area contributed by atoms with Crippen LogP contribution >= 0.6 is 23.8 Å². The van der Waals surface area contributed by atoms with Gasteiger partial charge in [-0.3, -0.25) is 9.59 Å². The molecule has 1 N–H and O–H groups in total. The predicted octanol–water partition coefficient (Wildman–Crippen LogP) is 4.29. The van der Waals surface area contributed by atoms with Crippen LogP contribution < -0.4 is 10.2 Å². The summed E-state index contributed by atoms with van der Waals surface area (Å²) in [6.07, 6.45) is 0.711. The molecule has 0 radical (unpaired) electrons. The van der Waals surface area contributed by atoms with Gasteiger partial charge in [0, 0.05) is 48.7 Å². The summed E-state index contributed by atoms with van der Waals surface area (Å²) in [4.78, 5) is 34.4. The molecular formula is C24H24ClN5O2S. The minimum Gasteiger partial charge on any atom is -0.368 e. The molecule has 2 aliphatic heterocycles. The van der Waals surface area contributed by atoms with Gasteiger partial charge in [-0.25, -0.2) is 9.55 Å². The number of aromatic nitrogens is 2. The van der Waals surface area contributed by atoms with Crippen LogP contribution in [0.15, 0.2) is 42.5 Å². The first-order valence-corrected chi connectivity index (χ1v) is 11.8. The lowest BCUT2D eigenvalue weighted by molar-refractivity contribution is -0.131. The number of para-hydroxylation sites is 1. The molecule has 2 aliphatic rings. The normalized spacial score (nSPS) is 17.9. The fourth-order valence-electron chi connectivity index (χ4n) is 4.61. The van der Waals surface area contributed by atoms with Crippen molar-refractivity contribution < 1.29 is 9.59 Å². The number of hydrogen-bond acceptors (Lipinski definition) is 6. The van der Waals surface area contributed by atoms with E-state index in [0.717, 1.165) is 29.7 Å². The van der Waals surface area contributed by atoms with E-state index in [2.05, 4.69) is 22.1 Å². The quantitative estimate of drug-likeness (QED) is 0.560. The number of carbonyl (C=O) groups excluding carboxylic acids is 2. The van der Waals surface area contributed by atoms with Crippen LogP contribution in [0.1, 0.15) is 23.2 Å². The van der Waals surface area contributed by atoms with Crippen molar-refractivity contribution in [2.75, 3.05) is 36.4 Å². The first-order valence-electron chi connectivity index (χ1n) is 11.0. The van der Waals surface area contributed by atoms with Crippen molar-refractivity contribution in [3.8, 4) is 0 Å². The molecule has 1 fully saturated rings. The molecule has 0 saturated carbocycles. The number of aryl methyl sites for hydroxylation is 1. The number of rotatable bonds is 4. The molecule has 33 heavy (non-hydrogen) atoms. The number of piperazine rings is 1. The van der Waals surface area contributed by atoms with Gasteiger partial charge in [0.25, 0.3) is 5.91 Å². The third-order valence-corrected chi connectivity index (χ3v) is 6.92. The van der Waals surface area contributed by atoms with Crippen LogP contribution in [0, 0.1) is 11.7 Å². The van der Waals surface area contributed by atoms with Crippen molar-refractivity contribution in [1.29, 1.82) is 0 Å². The van der Waals surface area contributed by atoms with Crippen molar-refractivity contribution in [2.24, 2.45) is 0 Å². The lowest BCUT2D eigenvalue weighted by atomic mass is 10.1. The molecule has 0 spiro atoms. The molecule has 3 aromatic rings. The molecule has 3 heterocycles. The molecule has 9 heteroatoms. The largest absolute Gasteiger partial charge is 0.368 e.